The van der Waals surface area contributed by atoms with Crippen molar-refractivity contribution >= 4 is 35.0 Å². The average molecular weight is 504 g/mol. The summed E-state index contributed by atoms with van der Waals surface area (Å²) in [6.07, 6.45) is 1.46. The van der Waals surface area contributed by atoms with Crippen molar-refractivity contribution in [2.24, 2.45) is 0 Å². The van der Waals surface area contributed by atoms with Crippen LogP contribution in [-0.4, -0.2) is 48.0 Å². The molecule has 10 heteroatoms. The highest BCUT2D eigenvalue weighted by molar-refractivity contribution is 6.30. The number of hydrogen-bond donors (Lipinski definition) is 0. The van der Waals surface area contributed by atoms with E-state index in [4.69, 9.17) is 32.8 Å². The summed E-state index contributed by atoms with van der Waals surface area (Å²) >= 11 is 12.0. The van der Waals surface area contributed by atoms with E-state index in [9.17, 15) is 9.59 Å². The first-order chi connectivity index (χ1) is 16.2. The van der Waals surface area contributed by atoms with Crippen LogP contribution >= 0.6 is 23.2 Å². The van der Waals surface area contributed by atoms with Crippen LogP contribution in [0.25, 0.3) is 0 Å². The Hall–Kier alpha value is -3.04. The smallest absolute Gasteiger partial charge is 0.277 e. The standard InChI is InChI=1S/C24H20Cl2FN3O4/c1-29(34-3)22(31)14-10-19-21(20(27)11-14)24(33-2,15-4-6-16(25)7-5-15)30(23(19)32)13-18-9-8-17(26)12-28-18/h4-12H,13H2,1-3H3/t24-/m1/s1. The number of halogens is 3. The molecule has 7 nitrogen and oxygen atoms in total. The Morgan fingerprint density at radius 3 is 2.38 bits per heavy atom. The van der Waals surface area contributed by atoms with E-state index >= 15 is 4.39 Å². The van der Waals surface area contributed by atoms with E-state index in [2.05, 4.69) is 4.98 Å². The third kappa shape index (κ3) is 3.92. The molecule has 0 bridgehead atoms. The second kappa shape index (κ2) is 9.31. The Labute approximate surface area is 205 Å². The molecular formula is C24H20Cl2FN3O4. The van der Waals surface area contributed by atoms with Crippen molar-refractivity contribution in [2.45, 2.75) is 12.3 Å². The number of amides is 2. The minimum Gasteiger partial charge on any atom is -0.350 e. The zero-order chi connectivity index (χ0) is 24.6. The van der Waals surface area contributed by atoms with Crippen LogP contribution in [0.2, 0.25) is 10.0 Å². The number of nitrogens with zero attached hydrogens (tertiary/aromatic N) is 3. The molecule has 0 N–H and O–H groups in total. The molecule has 1 aliphatic rings. The molecular weight excluding hydrogens is 484 g/mol. The largest absolute Gasteiger partial charge is 0.350 e. The van der Waals surface area contributed by atoms with Crippen molar-refractivity contribution < 1.29 is 23.6 Å². The lowest BCUT2D eigenvalue weighted by Gasteiger charge is -2.38. The molecule has 34 heavy (non-hydrogen) atoms. The number of methoxy groups -OCH3 is 1. The Morgan fingerprint density at radius 2 is 1.79 bits per heavy atom. The first-order valence-electron chi connectivity index (χ1n) is 10.1. The molecule has 1 aromatic heterocycles. The van der Waals surface area contributed by atoms with E-state index in [0.29, 0.717) is 21.3 Å². The van der Waals surface area contributed by atoms with Crippen LogP contribution in [-0.2, 0) is 21.8 Å². The van der Waals surface area contributed by atoms with E-state index in [0.717, 1.165) is 11.1 Å². The van der Waals surface area contributed by atoms with Gasteiger partial charge in [0.05, 0.1) is 35.5 Å². The summed E-state index contributed by atoms with van der Waals surface area (Å²) in [7, 11) is 4.08. The molecule has 2 aromatic carbocycles. The molecule has 0 unspecified atom stereocenters. The molecule has 4 rings (SSSR count). The third-order valence-corrected chi connectivity index (χ3v) is 6.21. The summed E-state index contributed by atoms with van der Waals surface area (Å²) in [5.74, 6) is -1.91. The maximum absolute atomic E-state index is 15.7. The number of hydroxylamine groups is 2. The monoisotopic (exact) mass is 503 g/mol. The molecule has 0 fully saturated rings. The fourth-order valence-corrected chi connectivity index (χ4v) is 4.32. The highest BCUT2D eigenvalue weighted by Gasteiger charge is 2.54. The maximum atomic E-state index is 15.7. The molecule has 0 saturated heterocycles. The second-order valence-electron chi connectivity index (χ2n) is 7.58. The fourth-order valence-electron chi connectivity index (χ4n) is 4.08. The minimum absolute atomic E-state index is 0.00128. The number of rotatable bonds is 6. The predicted molar refractivity (Wildman–Crippen MR) is 124 cm³/mol. The van der Waals surface area contributed by atoms with Crippen LogP contribution in [0.15, 0.2) is 54.7 Å². The Bertz CT molecular complexity index is 1250. The van der Waals surface area contributed by atoms with Gasteiger partial charge in [-0.05, 0) is 36.4 Å². The minimum atomic E-state index is -1.63. The van der Waals surface area contributed by atoms with Gasteiger partial charge < -0.3 is 4.74 Å². The van der Waals surface area contributed by atoms with Gasteiger partial charge in [-0.15, -0.1) is 0 Å². The summed E-state index contributed by atoms with van der Waals surface area (Å²) in [5, 5.41) is 1.85. The zero-order valence-electron chi connectivity index (χ0n) is 18.5. The lowest BCUT2D eigenvalue weighted by molar-refractivity contribution is -0.0886. The van der Waals surface area contributed by atoms with Crippen LogP contribution < -0.4 is 0 Å². The van der Waals surface area contributed by atoms with Crippen molar-refractivity contribution in [1.82, 2.24) is 14.9 Å². The fraction of sp³-hybridized carbons (Fsp3) is 0.208. The normalized spacial score (nSPS) is 17.1. The van der Waals surface area contributed by atoms with Crippen LogP contribution in [0.4, 0.5) is 4.39 Å². The molecule has 176 valence electrons. The van der Waals surface area contributed by atoms with Crippen molar-refractivity contribution in [3.8, 4) is 0 Å². The molecule has 0 radical (unpaired) electrons. The van der Waals surface area contributed by atoms with E-state index in [1.807, 2.05) is 0 Å². The number of hydrogen-bond acceptors (Lipinski definition) is 5. The molecule has 0 aliphatic carbocycles. The van der Waals surface area contributed by atoms with Gasteiger partial charge in [-0.3, -0.25) is 24.3 Å². The van der Waals surface area contributed by atoms with Crippen molar-refractivity contribution in [1.29, 1.82) is 0 Å². The Balaban J connectivity index is 1.93. The van der Waals surface area contributed by atoms with Gasteiger partial charge in [0.25, 0.3) is 11.8 Å². The summed E-state index contributed by atoms with van der Waals surface area (Å²) in [4.78, 5) is 36.9. The summed E-state index contributed by atoms with van der Waals surface area (Å²) < 4.78 is 21.7. The topological polar surface area (TPSA) is 72.0 Å². The van der Waals surface area contributed by atoms with Crippen LogP contribution in [0.1, 0.15) is 37.5 Å². The first kappa shape index (κ1) is 24.1. The van der Waals surface area contributed by atoms with Crippen molar-refractivity contribution in [3.63, 3.8) is 0 Å². The average Bonchev–Trinajstić information content (AvgIpc) is 3.08. The molecule has 3 aromatic rings. The van der Waals surface area contributed by atoms with E-state index in [1.54, 1.807) is 36.4 Å². The van der Waals surface area contributed by atoms with Gasteiger partial charge in [0, 0.05) is 36.5 Å². The number of pyridine rings is 1. The second-order valence-corrected chi connectivity index (χ2v) is 8.45. The summed E-state index contributed by atoms with van der Waals surface area (Å²) in [6, 6.07) is 12.3. The van der Waals surface area contributed by atoms with Gasteiger partial charge in [-0.1, -0.05) is 35.3 Å². The van der Waals surface area contributed by atoms with Gasteiger partial charge in [-0.2, -0.15) is 0 Å². The highest BCUT2D eigenvalue weighted by atomic mass is 35.5. The van der Waals surface area contributed by atoms with Gasteiger partial charge in [0.1, 0.15) is 5.82 Å². The van der Waals surface area contributed by atoms with E-state index in [-0.39, 0.29) is 23.2 Å². The van der Waals surface area contributed by atoms with E-state index in [1.165, 1.54) is 38.4 Å². The molecule has 1 atom stereocenters. The van der Waals surface area contributed by atoms with Crippen molar-refractivity contribution in [3.05, 3.63) is 98.5 Å². The number of fused-ring (bicyclic) bond motifs is 1. The molecule has 2 heterocycles. The predicted octanol–water partition coefficient (Wildman–Crippen LogP) is 4.66. The molecule has 0 saturated carbocycles. The van der Waals surface area contributed by atoms with Gasteiger partial charge in [-0.25, -0.2) is 9.45 Å². The maximum Gasteiger partial charge on any atom is 0.277 e. The number of carbonyl (C=O) groups is 2. The highest BCUT2D eigenvalue weighted by Crippen LogP contribution is 2.47. The molecule has 1 aliphatic heterocycles. The van der Waals surface area contributed by atoms with E-state index < -0.39 is 23.4 Å². The molecule has 2 amide bonds. The number of ether oxygens (including phenoxy) is 1. The SMILES string of the molecule is CON(C)C(=O)c1cc(F)c2c(c1)C(=O)N(Cc1ccc(Cl)cn1)[C@@]2(OC)c1ccc(Cl)cc1. The third-order valence-electron chi connectivity index (χ3n) is 5.73. The first-order valence-corrected chi connectivity index (χ1v) is 10.9. The van der Waals surface area contributed by atoms with Crippen LogP contribution in [0, 0.1) is 5.82 Å². The Morgan fingerprint density at radius 1 is 1.12 bits per heavy atom. The zero-order valence-corrected chi connectivity index (χ0v) is 20.0. The number of carbonyl (C=O) groups excluding carboxylic acids is 2. The quantitative estimate of drug-likeness (QED) is 0.457. The van der Waals surface area contributed by atoms with Gasteiger partial charge >= 0.3 is 0 Å². The molecule has 0 spiro atoms. The summed E-state index contributed by atoms with van der Waals surface area (Å²) in [6.45, 7) is -0.0121. The van der Waals surface area contributed by atoms with Gasteiger partial charge in [0.15, 0.2) is 5.72 Å². The Kier molecular flexibility index (Phi) is 6.60. The lowest BCUT2D eigenvalue weighted by Crippen LogP contribution is -2.46. The number of benzene rings is 2. The van der Waals surface area contributed by atoms with Crippen LogP contribution in [0.5, 0.6) is 0 Å². The van der Waals surface area contributed by atoms with Gasteiger partial charge in [0.2, 0.25) is 0 Å². The van der Waals surface area contributed by atoms with Crippen LogP contribution in [0.3, 0.4) is 0 Å². The lowest BCUT2D eigenvalue weighted by atomic mass is 9.91. The van der Waals surface area contributed by atoms with Crippen molar-refractivity contribution in [2.75, 3.05) is 21.3 Å². The number of aromatic nitrogens is 1. The summed E-state index contributed by atoms with van der Waals surface area (Å²) in [5.41, 5.74) is -0.686.